The van der Waals surface area contributed by atoms with Crippen LogP contribution in [0.4, 0.5) is 0 Å². The number of rotatable bonds is 4. The van der Waals surface area contributed by atoms with Crippen molar-refractivity contribution in [3.05, 3.63) is 0 Å². The van der Waals surface area contributed by atoms with Gasteiger partial charge in [0.1, 0.15) is 0 Å². The third-order valence-corrected chi connectivity index (χ3v) is 0.813. The Hall–Kier alpha value is -1.67. The lowest BCUT2D eigenvalue weighted by Crippen LogP contribution is -2.10. The number of nitrogens with two attached hydrogens (primary N) is 2. The Morgan fingerprint density at radius 1 is 0.875 bits per heavy atom. The molecule has 0 aromatic rings. The fourth-order valence-electron chi connectivity index (χ4n) is 0.214. The van der Waals surface area contributed by atoms with E-state index < -0.39 is 17.9 Å². The van der Waals surface area contributed by atoms with Crippen LogP contribution in [0.15, 0.2) is 0 Å². The monoisotopic (exact) mass is 238 g/mol. The lowest BCUT2D eigenvalue weighted by atomic mass is 10.4. The van der Waals surface area contributed by atoms with E-state index in [0.717, 1.165) is 6.42 Å². The first kappa shape index (κ1) is 19.8. The second-order valence-electron chi connectivity index (χ2n) is 2.34. The van der Waals surface area contributed by atoms with Crippen LogP contribution < -0.4 is 11.5 Å². The van der Waals surface area contributed by atoms with Crippen molar-refractivity contribution in [3.63, 3.8) is 0 Å². The van der Waals surface area contributed by atoms with Crippen molar-refractivity contribution < 1.29 is 29.7 Å². The summed E-state index contributed by atoms with van der Waals surface area (Å²) in [6.45, 7) is 1.29. The van der Waals surface area contributed by atoms with Crippen molar-refractivity contribution >= 4 is 17.9 Å². The van der Waals surface area contributed by atoms with E-state index >= 15 is 0 Å². The minimum atomic E-state index is -0.968. The van der Waals surface area contributed by atoms with Gasteiger partial charge in [-0.3, -0.25) is 14.4 Å². The maximum absolute atomic E-state index is 9.60. The lowest BCUT2D eigenvalue weighted by molar-refractivity contribution is -0.137. The van der Waals surface area contributed by atoms with Gasteiger partial charge in [-0.1, -0.05) is 6.92 Å². The molecule has 0 saturated carbocycles. The Kier molecular flexibility index (Phi) is 19.6. The van der Waals surface area contributed by atoms with E-state index in [-0.39, 0.29) is 13.1 Å². The molecule has 0 saturated heterocycles. The van der Waals surface area contributed by atoms with E-state index in [9.17, 15) is 14.4 Å². The number of carbonyl (C=O) groups is 3. The number of hydrogen-bond donors (Lipinski definition) is 5. The molecule has 0 aliphatic rings. The zero-order chi connectivity index (χ0) is 13.6. The van der Waals surface area contributed by atoms with Gasteiger partial charge in [-0.2, -0.15) is 0 Å². The van der Waals surface area contributed by atoms with E-state index in [1.54, 1.807) is 0 Å². The molecule has 0 bridgehead atoms. The fraction of sp³-hybridized carbons (Fsp3) is 0.625. The summed E-state index contributed by atoms with van der Waals surface area (Å²) in [6.07, 6.45) is 1.02. The second-order valence-corrected chi connectivity index (χ2v) is 2.34. The molecule has 0 amide bonds. The van der Waals surface area contributed by atoms with Crippen LogP contribution >= 0.6 is 0 Å². The van der Waals surface area contributed by atoms with Crippen LogP contribution in [0.3, 0.4) is 0 Å². The molecular formula is C8H18N2O6. The molecule has 0 aliphatic heterocycles. The molecule has 8 nitrogen and oxygen atoms in total. The molecule has 0 rings (SSSR count). The molecule has 0 spiro atoms. The largest absolute Gasteiger partial charge is 0.481 e. The SMILES string of the molecule is CCCC(=O)O.NCC(=O)O.NCC(=O)O. The number of hydrogen-bond acceptors (Lipinski definition) is 5. The first-order valence-corrected chi connectivity index (χ1v) is 4.37. The number of carboxylic acid groups (broad SMARTS) is 3. The highest BCUT2D eigenvalue weighted by molar-refractivity contribution is 5.68. The van der Waals surface area contributed by atoms with Crippen molar-refractivity contribution in [2.75, 3.05) is 13.1 Å². The molecule has 8 heteroatoms. The van der Waals surface area contributed by atoms with Crippen LogP contribution in [0.2, 0.25) is 0 Å². The van der Waals surface area contributed by atoms with Crippen molar-refractivity contribution in [1.82, 2.24) is 0 Å². The third-order valence-electron chi connectivity index (χ3n) is 0.813. The highest BCUT2D eigenvalue weighted by Gasteiger charge is 1.87. The van der Waals surface area contributed by atoms with Crippen LogP contribution in [0, 0.1) is 0 Å². The van der Waals surface area contributed by atoms with Crippen LogP contribution in [0.1, 0.15) is 19.8 Å². The molecule has 0 radical (unpaired) electrons. The third kappa shape index (κ3) is 55.7. The number of carboxylic acids is 3. The van der Waals surface area contributed by atoms with Crippen molar-refractivity contribution in [1.29, 1.82) is 0 Å². The van der Waals surface area contributed by atoms with Gasteiger partial charge in [0.15, 0.2) is 0 Å². The Balaban J connectivity index is -0.000000160. The summed E-state index contributed by atoms with van der Waals surface area (Å²) in [5.41, 5.74) is 9.14. The molecule has 0 aliphatic carbocycles. The highest BCUT2D eigenvalue weighted by atomic mass is 16.4. The Labute approximate surface area is 92.9 Å². The molecule has 0 heterocycles. The van der Waals surface area contributed by atoms with Gasteiger partial charge in [-0.25, -0.2) is 0 Å². The summed E-state index contributed by atoms with van der Waals surface area (Å²) < 4.78 is 0. The topological polar surface area (TPSA) is 164 Å². The van der Waals surface area contributed by atoms with Gasteiger partial charge < -0.3 is 26.8 Å². The van der Waals surface area contributed by atoms with Crippen LogP contribution in [-0.4, -0.2) is 46.3 Å². The molecule has 0 fully saturated rings. The predicted octanol–water partition coefficient (Wildman–Crippen LogP) is -1.07. The first-order valence-electron chi connectivity index (χ1n) is 4.37. The van der Waals surface area contributed by atoms with Crippen molar-refractivity contribution in [2.24, 2.45) is 11.5 Å². The van der Waals surface area contributed by atoms with Gasteiger partial charge in [-0.15, -0.1) is 0 Å². The average molecular weight is 238 g/mol. The van der Waals surface area contributed by atoms with Crippen molar-refractivity contribution in [3.8, 4) is 0 Å². The molecule has 7 N–H and O–H groups in total. The standard InChI is InChI=1S/C4H8O2.2C2H5NO2/c1-2-3-4(5)6;2*3-1-2(4)5/h2-3H2,1H3,(H,5,6);2*1,3H2,(H,4,5). The smallest absolute Gasteiger partial charge is 0.317 e. The fourth-order valence-corrected chi connectivity index (χ4v) is 0.214. The molecule has 16 heavy (non-hydrogen) atoms. The number of aliphatic carboxylic acids is 3. The molecule has 0 atom stereocenters. The second kappa shape index (κ2) is 15.8. The zero-order valence-corrected chi connectivity index (χ0v) is 9.05. The van der Waals surface area contributed by atoms with Gasteiger partial charge in [0, 0.05) is 6.42 Å². The van der Waals surface area contributed by atoms with Gasteiger partial charge in [0.25, 0.3) is 0 Å². The summed E-state index contributed by atoms with van der Waals surface area (Å²) in [6, 6.07) is 0. The summed E-state index contributed by atoms with van der Waals surface area (Å²) in [5, 5.41) is 23.1. The zero-order valence-electron chi connectivity index (χ0n) is 9.05. The molecule has 0 unspecified atom stereocenters. The van der Waals surface area contributed by atoms with Gasteiger partial charge >= 0.3 is 17.9 Å². The van der Waals surface area contributed by atoms with Crippen LogP contribution in [0.5, 0.6) is 0 Å². The van der Waals surface area contributed by atoms with E-state index in [1.165, 1.54) is 0 Å². The maximum atomic E-state index is 9.60. The highest BCUT2D eigenvalue weighted by Crippen LogP contribution is 1.82. The Morgan fingerprint density at radius 2 is 1.12 bits per heavy atom. The molecular weight excluding hydrogens is 220 g/mol. The quantitative estimate of drug-likeness (QED) is 0.413. The summed E-state index contributed by atoms with van der Waals surface area (Å²) >= 11 is 0. The molecule has 96 valence electrons. The van der Waals surface area contributed by atoms with Gasteiger partial charge in [-0.05, 0) is 6.42 Å². The van der Waals surface area contributed by atoms with Gasteiger partial charge in [0.2, 0.25) is 0 Å². The van der Waals surface area contributed by atoms with E-state index in [2.05, 4.69) is 11.5 Å². The summed E-state index contributed by atoms with van der Waals surface area (Å²) in [5.74, 6) is -2.65. The normalized spacial score (nSPS) is 7.69. The van der Waals surface area contributed by atoms with E-state index in [0.29, 0.717) is 6.42 Å². The Morgan fingerprint density at radius 3 is 1.12 bits per heavy atom. The summed E-state index contributed by atoms with van der Waals surface area (Å²) in [4.78, 5) is 28.1. The van der Waals surface area contributed by atoms with Crippen LogP contribution in [0.25, 0.3) is 0 Å². The maximum Gasteiger partial charge on any atom is 0.317 e. The minimum absolute atomic E-state index is 0.278. The van der Waals surface area contributed by atoms with E-state index in [4.69, 9.17) is 15.3 Å². The Bertz CT molecular complexity index is 193. The molecule has 0 aromatic heterocycles. The van der Waals surface area contributed by atoms with Gasteiger partial charge in [0.05, 0.1) is 13.1 Å². The minimum Gasteiger partial charge on any atom is -0.481 e. The van der Waals surface area contributed by atoms with Crippen LogP contribution in [-0.2, 0) is 14.4 Å². The lowest BCUT2D eigenvalue weighted by Gasteiger charge is -1.79. The molecule has 0 aromatic carbocycles. The summed E-state index contributed by atoms with van der Waals surface area (Å²) in [7, 11) is 0. The van der Waals surface area contributed by atoms with E-state index in [1.807, 2.05) is 6.92 Å². The predicted molar refractivity (Wildman–Crippen MR) is 55.9 cm³/mol. The first-order chi connectivity index (χ1) is 7.31. The van der Waals surface area contributed by atoms with Crippen molar-refractivity contribution in [2.45, 2.75) is 19.8 Å². The average Bonchev–Trinajstić information content (AvgIpc) is 2.19.